The first-order valence-corrected chi connectivity index (χ1v) is 13.0. The fourth-order valence-corrected chi connectivity index (χ4v) is 4.94. The van der Waals surface area contributed by atoms with E-state index >= 15 is 0 Å². The summed E-state index contributed by atoms with van der Waals surface area (Å²) < 4.78 is 0. The van der Waals surface area contributed by atoms with E-state index in [0.29, 0.717) is 24.1 Å². The topological polar surface area (TPSA) is 116 Å². The van der Waals surface area contributed by atoms with Gasteiger partial charge in [-0.15, -0.1) is 0 Å². The van der Waals surface area contributed by atoms with Crippen LogP contribution >= 0.6 is 0 Å². The second-order valence-corrected chi connectivity index (χ2v) is 9.72. The van der Waals surface area contributed by atoms with Crippen molar-refractivity contribution in [3.63, 3.8) is 0 Å². The van der Waals surface area contributed by atoms with Crippen LogP contribution in [0.25, 0.3) is 0 Å². The molecule has 1 atom stereocenters. The van der Waals surface area contributed by atoms with Gasteiger partial charge in [-0.3, -0.25) is 14.4 Å². The molecule has 1 saturated carbocycles. The number of hydrogen-bond donors (Lipinski definition) is 4. The molecule has 194 valence electrons. The van der Waals surface area contributed by atoms with E-state index in [4.69, 9.17) is 5.11 Å². The van der Waals surface area contributed by atoms with Gasteiger partial charge in [0, 0.05) is 12.1 Å². The molecule has 0 aliphatic heterocycles. The van der Waals surface area contributed by atoms with Gasteiger partial charge >= 0.3 is 5.97 Å². The maximum absolute atomic E-state index is 13.0. The normalized spacial score (nSPS) is 14.7. The van der Waals surface area contributed by atoms with Gasteiger partial charge in [-0.25, -0.2) is 0 Å². The molecule has 0 aromatic heterocycles. The minimum absolute atomic E-state index is 0.0656. The molecular formula is C29H38N2O5. The first kappa shape index (κ1) is 27.4. The number of carboxylic acids is 1. The Hall–Kier alpha value is -3.19. The predicted molar refractivity (Wildman–Crippen MR) is 139 cm³/mol. The largest absolute Gasteiger partial charge is 0.481 e. The second kappa shape index (κ2) is 14.4. The molecule has 7 heteroatoms. The summed E-state index contributed by atoms with van der Waals surface area (Å²) in [6, 6.07) is 13.3. The number of carbonyl (C=O) groups excluding carboxylic acids is 2. The molecule has 2 aromatic rings. The first-order valence-electron chi connectivity index (χ1n) is 13.0. The molecule has 4 N–H and O–H groups in total. The van der Waals surface area contributed by atoms with Crippen molar-refractivity contribution in [1.82, 2.24) is 10.6 Å². The van der Waals surface area contributed by atoms with Crippen LogP contribution in [0.1, 0.15) is 78.4 Å². The summed E-state index contributed by atoms with van der Waals surface area (Å²) in [4.78, 5) is 36.6. The van der Waals surface area contributed by atoms with Crippen LogP contribution in [0.3, 0.4) is 0 Å². The van der Waals surface area contributed by atoms with Crippen LogP contribution in [0.15, 0.2) is 48.5 Å². The molecule has 0 saturated heterocycles. The smallest absolute Gasteiger partial charge is 0.307 e. The zero-order chi connectivity index (χ0) is 25.8. The number of unbranched alkanes of at least 4 members (excludes halogenated alkanes) is 1. The second-order valence-electron chi connectivity index (χ2n) is 9.72. The van der Waals surface area contributed by atoms with Crippen molar-refractivity contribution >= 4 is 17.8 Å². The third kappa shape index (κ3) is 8.79. The lowest BCUT2D eigenvalue weighted by atomic mass is 9.86. The highest BCUT2D eigenvalue weighted by molar-refractivity contribution is 5.98. The van der Waals surface area contributed by atoms with Crippen LogP contribution in [-0.2, 0) is 22.4 Å². The monoisotopic (exact) mass is 494 g/mol. The van der Waals surface area contributed by atoms with Gasteiger partial charge in [-0.1, -0.05) is 87.4 Å². The molecule has 7 nitrogen and oxygen atoms in total. The van der Waals surface area contributed by atoms with Gasteiger partial charge in [0.05, 0.1) is 13.0 Å². The van der Waals surface area contributed by atoms with Gasteiger partial charge in [-0.05, 0) is 41.5 Å². The number of hydrogen-bond acceptors (Lipinski definition) is 4. The number of benzene rings is 2. The first-order chi connectivity index (χ1) is 17.5. The Kier molecular flexibility index (Phi) is 11.0. The Balaban J connectivity index is 1.52. The maximum Gasteiger partial charge on any atom is 0.307 e. The van der Waals surface area contributed by atoms with Crippen molar-refractivity contribution in [3.05, 3.63) is 70.8 Å². The van der Waals surface area contributed by atoms with E-state index in [9.17, 15) is 19.5 Å². The van der Waals surface area contributed by atoms with E-state index < -0.39 is 24.5 Å². The van der Waals surface area contributed by atoms with Gasteiger partial charge in [-0.2, -0.15) is 0 Å². The highest BCUT2D eigenvalue weighted by atomic mass is 16.4. The zero-order valence-corrected chi connectivity index (χ0v) is 20.9. The van der Waals surface area contributed by atoms with Crippen LogP contribution < -0.4 is 10.6 Å². The van der Waals surface area contributed by atoms with Gasteiger partial charge in [0.2, 0.25) is 5.91 Å². The number of amides is 2. The lowest BCUT2D eigenvalue weighted by Crippen LogP contribution is -2.49. The summed E-state index contributed by atoms with van der Waals surface area (Å²) in [5.41, 5.74) is 2.75. The van der Waals surface area contributed by atoms with E-state index in [2.05, 4.69) is 10.6 Å². The summed E-state index contributed by atoms with van der Waals surface area (Å²) in [5, 5.41) is 24.3. The average molecular weight is 495 g/mol. The number of nitrogens with one attached hydrogen (secondary N) is 2. The van der Waals surface area contributed by atoms with E-state index in [1.807, 2.05) is 24.3 Å². The zero-order valence-electron chi connectivity index (χ0n) is 20.9. The molecule has 3 rings (SSSR count). The molecular weight excluding hydrogens is 456 g/mol. The molecule has 0 spiro atoms. The van der Waals surface area contributed by atoms with Gasteiger partial charge in [0.1, 0.15) is 6.04 Å². The minimum Gasteiger partial charge on any atom is -0.481 e. The number of carboxylic acid groups (broad SMARTS) is 1. The van der Waals surface area contributed by atoms with Crippen LogP contribution in [0.5, 0.6) is 0 Å². The lowest BCUT2D eigenvalue weighted by molar-refractivity contribution is -0.136. The number of aliphatic hydroxyl groups excluding tert-OH is 1. The van der Waals surface area contributed by atoms with E-state index in [1.165, 1.54) is 38.5 Å². The summed E-state index contributed by atoms with van der Waals surface area (Å²) in [6.45, 7) is 0.0419. The van der Waals surface area contributed by atoms with E-state index in [-0.39, 0.29) is 12.3 Å². The van der Waals surface area contributed by atoms with E-state index in [0.717, 1.165) is 29.9 Å². The standard InChI is InChI=1S/C29H38N2O5/c32-20-26(29(36)30-16-7-6-11-21-9-2-1-3-10-21)31-28(35)25-15-5-4-14-24(25)18-22-12-8-13-23(17-22)19-27(33)34/h4-5,8,12-15,17,21,26,32H,1-3,6-7,9-11,16,18-20H2,(H,30,36)(H,31,35)(H,33,34). The number of rotatable bonds is 13. The number of carbonyl (C=O) groups is 3. The molecule has 1 unspecified atom stereocenters. The molecule has 2 aromatic carbocycles. The third-order valence-electron chi connectivity index (χ3n) is 6.87. The SMILES string of the molecule is O=C(O)Cc1cccc(Cc2ccccc2C(=O)NC(CO)C(=O)NCCCCC2CCCCC2)c1. The summed E-state index contributed by atoms with van der Waals surface area (Å²) in [5.74, 6) is -0.899. The highest BCUT2D eigenvalue weighted by Gasteiger charge is 2.22. The van der Waals surface area contributed by atoms with Crippen molar-refractivity contribution in [2.75, 3.05) is 13.2 Å². The van der Waals surface area contributed by atoms with Crippen molar-refractivity contribution < 1.29 is 24.6 Å². The van der Waals surface area contributed by atoms with Crippen LogP contribution in [-0.4, -0.2) is 47.2 Å². The van der Waals surface area contributed by atoms with Crippen molar-refractivity contribution in [2.45, 2.75) is 70.3 Å². The quantitative estimate of drug-likeness (QED) is 0.316. The Morgan fingerprint density at radius 3 is 2.44 bits per heavy atom. The Morgan fingerprint density at radius 1 is 0.944 bits per heavy atom. The third-order valence-corrected chi connectivity index (χ3v) is 6.87. The summed E-state index contributed by atoms with van der Waals surface area (Å²) >= 11 is 0. The van der Waals surface area contributed by atoms with Gasteiger partial charge in [0.15, 0.2) is 0 Å². The highest BCUT2D eigenvalue weighted by Crippen LogP contribution is 2.27. The summed E-state index contributed by atoms with van der Waals surface area (Å²) in [6.07, 6.45) is 10.2. The molecule has 1 fully saturated rings. The number of aliphatic carboxylic acids is 1. The predicted octanol–water partition coefficient (Wildman–Crippen LogP) is 3.86. The van der Waals surface area contributed by atoms with Crippen LogP contribution in [0.4, 0.5) is 0 Å². The fourth-order valence-electron chi connectivity index (χ4n) is 4.94. The lowest BCUT2D eigenvalue weighted by Gasteiger charge is -2.21. The Bertz CT molecular complexity index is 1020. The number of aliphatic hydroxyl groups is 1. The molecule has 1 aliphatic rings. The summed E-state index contributed by atoms with van der Waals surface area (Å²) in [7, 11) is 0. The fraction of sp³-hybridized carbons (Fsp3) is 0.483. The van der Waals surface area contributed by atoms with Crippen LogP contribution in [0.2, 0.25) is 0 Å². The average Bonchev–Trinajstić information content (AvgIpc) is 2.87. The molecule has 0 bridgehead atoms. The van der Waals surface area contributed by atoms with Crippen molar-refractivity contribution in [3.8, 4) is 0 Å². The van der Waals surface area contributed by atoms with Crippen LogP contribution in [0, 0.1) is 5.92 Å². The Morgan fingerprint density at radius 2 is 1.69 bits per heavy atom. The molecule has 0 radical (unpaired) electrons. The van der Waals surface area contributed by atoms with Gasteiger partial charge < -0.3 is 20.8 Å². The molecule has 1 aliphatic carbocycles. The van der Waals surface area contributed by atoms with E-state index in [1.54, 1.807) is 24.3 Å². The van der Waals surface area contributed by atoms with Crippen molar-refractivity contribution in [1.29, 1.82) is 0 Å². The minimum atomic E-state index is -1.03. The molecule has 0 heterocycles. The Labute approximate surface area is 213 Å². The maximum atomic E-state index is 13.0. The molecule has 2 amide bonds. The van der Waals surface area contributed by atoms with Gasteiger partial charge in [0.25, 0.3) is 5.91 Å². The van der Waals surface area contributed by atoms with Crippen molar-refractivity contribution in [2.24, 2.45) is 5.92 Å². The molecule has 36 heavy (non-hydrogen) atoms.